The van der Waals surface area contributed by atoms with Crippen LogP contribution in [0, 0.1) is 10.1 Å². The van der Waals surface area contributed by atoms with E-state index in [-0.39, 0.29) is 18.9 Å². The summed E-state index contributed by atoms with van der Waals surface area (Å²) in [5.41, 5.74) is -0.0910. The van der Waals surface area contributed by atoms with Crippen LogP contribution in [-0.4, -0.2) is 42.7 Å². The molecule has 0 radical (unpaired) electrons. The van der Waals surface area contributed by atoms with E-state index in [1.54, 1.807) is 31.4 Å². The van der Waals surface area contributed by atoms with Gasteiger partial charge in [-0.2, -0.15) is 0 Å². The number of rotatable bonds is 9. The van der Waals surface area contributed by atoms with Gasteiger partial charge in [0.05, 0.1) is 18.6 Å². The number of carbonyl (C=O) groups is 1. The predicted molar refractivity (Wildman–Crippen MR) is 88.8 cm³/mol. The monoisotopic (exact) mass is 347 g/mol. The lowest BCUT2D eigenvalue weighted by molar-refractivity contribution is -0.385. The molecule has 132 valence electrons. The van der Waals surface area contributed by atoms with Gasteiger partial charge in [-0.25, -0.2) is 9.78 Å². The Morgan fingerprint density at radius 3 is 2.76 bits per heavy atom. The molecule has 25 heavy (non-hydrogen) atoms. The predicted octanol–water partition coefficient (Wildman–Crippen LogP) is 2.03. The number of hydrogen-bond donors (Lipinski definition) is 1. The van der Waals surface area contributed by atoms with Crippen LogP contribution >= 0.6 is 0 Å². The highest BCUT2D eigenvalue weighted by atomic mass is 16.6. The number of esters is 1. The summed E-state index contributed by atoms with van der Waals surface area (Å²) < 4.78 is 15.4. The van der Waals surface area contributed by atoms with Crippen LogP contribution in [0.25, 0.3) is 0 Å². The number of nitrogens with one attached hydrogen (secondary N) is 1. The number of aromatic nitrogens is 1. The third-order valence-corrected chi connectivity index (χ3v) is 3.03. The summed E-state index contributed by atoms with van der Waals surface area (Å²) in [5, 5.41) is 13.4. The smallest absolute Gasteiger partial charge is 0.344 e. The second-order valence-corrected chi connectivity index (χ2v) is 4.77. The van der Waals surface area contributed by atoms with E-state index in [1.807, 2.05) is 0 Å². The second-order valence-electron chi connectivity index (χ2n) is 4.77. The molecule has 0 aliphatic carbocycles. The summed E-state index contributed by atoms with van der Waals surface area (Å²) in [6.45, 7) is 0.206. The van der Waals surface area contributed by atoms with Gasteiger partial charge in [-0.15, -0.1) is 0 Å². The third kappa shape index (κ3) is 5.98. The first kappa shape index (κ1) is 18.0. The molecule has 2 aromatic rings. The SMILES string of the molecule is COc1cccc(OCC(=O)OCCNc2ccc([N+](=O)[O-])cn2)c1. The van der Waals surface area contributed by atoms with Crippen LogP contribution in [0.4, 0.5) is 11.5 Å². The molecule has 1 aromatic heterocycles. The third-order valence-electron chi connectivity index (χ3n) is 3.03. The maximum Gasteiger partial charge on any atom is 0.344 e. The molecule has 9 nitrogen and oxygen atoms in total. The highest BCUT2D eigenvalue weighted by Crippen LogP contribution is 2.18. The lowest BCUT2D eigenvalue weighted by Crippen LogP contribution is -2.19. The summed E-state index contributed by atoms with van der Waals surface area (Å²) in [6.07, 6.45) is 1.15. The lowest BCUT2D eigenvalue weighted by Gasteiger charge is -2.09. The maximum atomic E-state index is 11.6. The van der Waals surface area contributed by atoms with Crippen molar-refractivity contribution in [1.29, 1.82) is 0 Å². The molecule has 9 heteroatoms. The van der Waals surface area contributed by atoms with Crippen LogP contribution in [0.15, 0.2) is 42.6 Å². The van der Waals surface area contributed by atoms with Crippen LogP contribution in [0.2, 0.25) is 0 Å². The molecule has 0 fully saturated rings. The van der Waals surface area contributed by atoms with Gasteiger partial charge >= 0.3 is 5.97 Å². The summed E-state index contributed by atoms with van der Waals surface area (Å²) in [7, 11) is 1.54. The summed E-state index contributed by atoms with van der Waals surface area (Å²) >= 11 is 0. The van der Waals surface area contributed by atoms with Gasteiger partial charge in [0.1, 0.15) is 30.1 Å². The van der Waals surface area contributed by atoms with Gasteiger partial charge in [-0.1, -0.05) is 6.07 Å². The van der Waals surface area contributed by atoms with Gasteiger partial charge in [0, 0.05) is 12.1 Å². The number of methoxy groups -OCH3 is 1. The topological polar surface area (TPSA) is 113 Å². The van der Waals surface area contributed by atoms with Crippen LogP contribution in [0.3, 0.4) is 0 Å². The normalized spacial score (nSPS) is 9.96. The van der Waals surface area contributed by atoms with E-state index >= 15 is 0 Å². The van der Waals surface area contributed by atoms with E-state index < -0.39 is 10.9 Å². The van der Waals surface area contributed by atoms with Crippen molar-refractivity contribution >= 4 is 17.5 Å². The molecule has 0 bridgehead atoms. The Balaban J connectivity index is 1.65. The zero-order valence-corrected chi connectivity index (χ0v) is 13.5. The molecule has 0 saturated heterocycles. The van der Waals surface area contributed by atoms with Crippen molar-refractivity contribution in [1.82, 2.24) is 4.98 Å². The fourth-order valence-corrected chi connectivity index (χ4v) is 1.82. The second kappa shape index (κ2) is 9.06. The van der Waals surface area contributed by atoms with E-state index in [0.717, 1.165) is 6.20 Å². The lowest BCUT2D eigenvalue weighted by atomic mass is 10.3. The fourth-order valence-electron chi connectivity index (χ4n) is 1.82. The molecular weight excluding hydrogens is 330 g/mol. The average Bonchev–Trinajstić information content (AvgIpc) is 2.64. The molecule has 0 aliphatic rings. The number of carbonyl (C=O) groups excluding carboxylic acids is 1. The van der Waals surface area contributed by atoms with E-state index in [9.17, 15) is 14.9 Å². The molecule has 2 rings (SSSR count). The first-order valence-corrected chi connectivity index (χ1v) is 7.35. The Morgan fingerprint density at radius 1 is 1.28 bits per heavy atom. The van der Waals surface area contributed by atoms with Gasteiger partial charge in [0.2, 0.25) is 0 Å². The van der Waals surface area contributed by atoms with Crippen molar-refractivity contribution < 1.29 is 23.9 Å². The molecule has 0 saturated carbocycles. The number of anilines is 1. The maximum absolute atomic E-state index is 11.6. The van der Waals surface area contributed by atoms with Crippen molar-refractivity contribution in [3.63, 3.8) is 0 Å². The molecule has 0 aliphatic heterocycles. The quantitative estimate of drug-likeness (QED) is 0.317. The molecule has 1 aromatic carbocycles. The Labute approximate surface area is 143 Å². The highest BCUT2D eigenvalue weighted by Gasteiger charge is 2.06. The van der Waals surface area contributed by atoms with Gasteiger partial charge in [0.25, 0.3) is 5.69 Å². The van der Waals surface area contributed by atoms with Gasteiger partial charge in [0.15, 0.2) is 6.61 Å². The number of ether oxygens (including phenoxy) is 3. The highest BCUT2D eigenvalue weighted by molar-refractivity contribution is 5.71. The van der Waals surface area contributed by atoms with E-state index in [4.69, 9.17) is 14.2 Å². The number of benzene rings is 1. The Morgan fingerprint density at radius 2 is 2.08 bits per heavy atom. The Bertz CT molecular complexity index is 720. The van der Waals surface area contributed by atoms with Crippen molar-refractivity contribution in [2.24, 2.45) is 0 Å². The molecule has 1 N–H and O–H groups in total. The van der Waals surface area contributed by atoms with Gasteiger partial charge < -0.3 is 19.5 Å². The first-order valence-electron chi connectivity index (χ1n) is 7.35. The van der Waals surface area contributed by atoms with Crippen LogP contribution in [-0.2, 0) is 9.53 Å². The van der Waals surface area contributed by atoms with Gasteiger partial charge in [-0.3, -0.25) is 10.1 Å². The number of nitrogens with zero attached hydrogens (tertiary/aromatic N) is 2. The van der Waals surface area contributed by atoms with Crippen molar-refractivity contribution in [2.75, 3.05) is 32.2 Å². The van der Waals surface area contributed by atoms with E-state index in [2.05, 4.69) is 10.3 Å². The first-order chi connectivity index (χ1) is 12.1. The average molecular weight is 347 g/mol. The summed E-state index contributed by atoms with van der Waals surface area (Å²) in [6, 6.07) is 9.70. The molecular formula is C16H17N3O6. The molecule has 0 amide bonds. The minimum atomic E-state index is -0.527. The largest absolute Gasteiger partial charge is 0.497 e. The minimum Gasteiger partial charge on any atom is -0.497 e. The molecule has 0 unspecified atom stereocenters. The van der Waals surface area contributed by atoms with Crippen molar-refractivity contribution in [3.05, 3.63) is 52.7 Å². The standard InChI is InChI=1S/C16H17N3O6/c1-23-13-3-2-4-14(9-13)25-11-16(20)24-8-7-17-15-6-5-12(10-18-15)19(21)22/h2-6,9-10H,7-8,11H2,1H3,(H,17,18). The molecule has 0 spiro atoms. The minimum absolute atomic E-state index is 0.0910. The number of hydrogen-bond acceptors (Lipinski definition) is 8. The molecule has 1 heterocycles. The summed E-state index contributed by atoms with van der Waals surface area (Å²) in [4.78, 5) is 25.5. The summed E-state index contributed by atoms with van der Waals surface area (Å²) in [5.74, 6) is 1.07. The van der Waals surface area contributed by atoms with Crippen LogP contribution in [0.5, 0.6) is 11.5 Å². The van der Waals surface area contributed by atoms with Crippen molar-refractivity contribution in [2.45, 2.75) is 0 Å². The fraction of sp³-hybridized carbons (Fsp3) is 0.250. The molecule has 0 atom stereocenters. The zero-order valence-electron chi connectivity index (χ0n) is 13.5. The van der Waals surface area contributed by atoms with E-state index in [0.29, 0.717) is 23.9 Å². The van der Waals surface area contributed by atoms with Crippen LogP contribution in [0.1, 0.15) is 0 Å². The van der Waals surface area contributed by atoms with Gasteiger partial charge in [-0.05, 0) is 18.2 Å². The van der Waals surface area contributed by atoms with E-state index in [1.165, 1.54) is 12.1 Å². The number of nitro groups is 1. The van der Waals surface area contributed by atoms with Crippen molar-refractivity contribution in [3.8, 4) is 11.5 Å². The Kier molecular flexibility index (Phi) is 6.52. The Hall–Kier alpha value is -3.36. The zero-order chi connectivity index (χ0) is 18.1. The van der Waals surface area contributed by atoms with Crippen LogP contribution < -0.4 is 14.8 Å². The number of pyridine rings is 1.